The Morgan fingerprint density at radius 3 is 2.00 bits per heavy atom. The Labute approximate surface area is 273 Å². The van der Waals surface area contributed by atoms with Crippen LogP contribution in [0.5, 0.6) is 0 Å². The maximum atomic E-state index is 13.7. The number of benzene rings is 2. The molecule has 6 nitrogen and oxygen atoms in total. The fourth-order valence-corrected chi connectivity index (χ4v) is 7.84. The number of likely N-dealkylation sites (tertiary alicyclic amines) is 2. The molecule has 2 aromatic rings. The molecule has 2 unspecified atom stereocenters. The summed E-state index contributed by atoms with van der Waals surface area (Å²) >= 11 is 0. The Bertz CT molecular complexity index is 1280. The average Bonchev–Trinajstić information content (AvgIpc) is 2.99. The van der Waals surface area contributed by atoms with Crippen LogP contribution in [0.2, 0.25) is 0 Å². The molecule has 2 aliphatic heterocycles. The van der Waals surface area contributed by atoms with Crippen LogP contribution in [0.25, 0.3) is 0 Å². The molecular weight excluding hydrogens is 556 g/mol. The fourth-order valence-electron chi connectivity index (χ4n) is 7.84. The highest BCUT2D eigenvalue weighted by atomic mass is 16.2. The first-order chi connectivity index (χ1) is 21.5. The molecule has 2 saturated heterocycles. The van der Waals surface area contributed by atoms with Crippen LogP contribution in [-0.2, 0) is 9.59 Å². The van der Waals surface area contributed by atoms with Crippen molar-refractivity contribution in [1.82, 2.24) is 4.90 Å². The molecule has 0 bridgehead atoms. The van der Waals surface area contributed by atoms with Crippen molar-refractivity contribution in [3.8, 4) is 0 Å². The van der Waals surface area contributed by atoms with Gasteiger partial charge in [0.05, 0.1) is 25.7 Å². The summed E-state index contributed by atoms with van der Waals surface area (Å²) in [7, 11) is 0. The summed E-state index contributed by atoms with van der Waals surface area (Å²) in [5, 5.41) is 6.69. The van der Waals surface area contributed by atoms with Gasteiger partial charge in [0, 0.05) is 17.4 Å². The summed E-state index contributed by atoms with van der Waals surface area (Å²) in [5.74, 6) is 1.03. The Morgan fingerprint density at radius 2 is 1.40 bits per heavy atom. The number of unbranched alkanes of at least 4 members (excludes halogenated alkanes) is 2. The van der Waals surface area contributed by atoms with E-state index in [2.05, 4.69) is 100 Å². The molecule has 2 aromatic carbocycles. The second-order valence-electron chi connectivity index (χ2n) is 14.8. The van der Waals surface area contributed by atoms with Crippen molar-refractivity contribution in [3.63, 3.8) is 0 Å². The van der Waals surface area contributed by atoms with Gasteiger partial charge in [-0.2, -0.15) is 0 Å². The van der Waals surface area contributed by atoms with Gasteiger partial charge in [-0.05, 0) is 119 Å². The molecule has 248 valence electrons. The van der Waals surface area contributed by atoms with Crippen LogP contribution in [0.15, 0.2) is 36.4 Å². The van der Waals surface area contributed by atoms with Gasteiger partial charge in [-0.15, -0.1) is 0 Å². The smallest absolute Gasteiger partial charge is 0.279 e. The number of anilines is 2. The first kappa shape index (κ1) is 35.2. The van der Waals surface area contributed by atoms with Gasteiger partial charge in [-0.3, -0.25) is 14.5 Å². The number of aryl methyl sites for hydroxylation is 2. The Morgan fingerprint density at radius 1 is 0.800 bits per heavy atom. The lowest BCUT2D eigenvalue weighted by atomic mass is 9.94. The van der Waals surface area contributed by atoms with Crippen molar-refractivity contribution in [3.05, 3.63) is 58.7 Å². The number of para-hydroxylation sites is 2. The Balaban J connectivity index is 1.33. The molecule has 2 amide bonds. The van der Waals surface area contributed by atoms with Crippen molar-refractivity contribution < 1.29 is 14.1 Å². The number of rotatable bonds is 13. The largest absolute Gasteiger partial charge is 0.324 e. The Hall–Kier alpha value is -2.70. The van der Waals surface area contributed by atoms with Crippen molar-refractivity contribution in [2.45, 2.75) is 130 Å². The fraction of sp³-hybridized carbons (Fsp3) is 0.641. The minimum Gasteiger partial charge on any atom is -0.324 e. The second kappa shape index (κ2) is 16.2. The molecule has 0 spiro atoms. The number of quaternary nitrogens is 1. The zero-order chi connectivity index (χ0) is 32.6. The third kappa shape index (κ3) is 9.19. The molecule has 0 aromatic heterocycles. The van der Waals surface area contributed by atoms with E-state index in [0.717, 1.165) is 91.7 Å². The van der Waals surface area contributed by atoms with Crippen LogP contribution in [0, 0.1) is 13.8 Å². The van der Waals surface area contributed by atoms with Gasteiger partial charge in [0.1, 0.15) is 0 Å². The monoisotopic (exact) mass is 617 g/mol. The zero-order valence-corrected chi connectivity index (χ0v) is 29.4. The predicted molar refractivity (Wildman–Crippen MR) is 189 cm³/mol. The number of nitrogens with zero attached hydrogens (tertiary/aromatic N) is 2. The molecule has 2 N–H and O–H groups in total. The van der Waals surface area contributed by atoms with Crippen LogP contribution in [0.1, 0.15) is 126 Å². The highest BCUT2D eigenvalue weighted by molar-refractivity contribution is 5.96. The molecule has 45 heavy (non-hydrogen) atoms. The maximum Gasteiger partial charge on any atom is 0.279 e. The SMILES string of the molecule is Cc1cccc(C(C)C)c1NC(=O)C[N+]1(CCCCCN2C(C)CCCC2C(=O)Nc2c(C)cccc2C(C)C)CCCCC1. The van der Waals surface area contributed by atoms with Gasteiger partial charge in [-0.1, -0.05) is 64.1 Å². The average molecular weight is 618 g/mol. The number of nitrogens with one attached hydrogen (secondary N) is 2. The molecule has 2 atom stereocenters. The van der Waals surface area contributed by atoms with Gasteiger partial charge in [0.15, 0.2) is 6.54 Å². The first-order valence-electron chi connectivity index (χ1n) is 17.9. The lowest BCUT2D eigenvalue weighted by molar-refractivity contribution is -0.925. The van der Waals surface area contributed by atoms with E-state index < -0.39 is 0 Å². The van der Waals surface area contributed by atoms with Crippen molar-refractivity contribution in [2.75, 3.05) is 43.4 Å². The molecule has 0 aliphatic carbocycles. The zero-order valence-electron chi connectivity index (χ0n) is 29.4. The molecule has 4 rings (SSSR count). The predicted octanol–water partition coefficient (Wildman–Crippen LogP) is 8.54. The normalized spacial score (nSPS) is 20.4. The molecule has 2 fully saturated rings. The minimum atomic E-state index is -0.0743. The lowest BCUT2D eigenvalue weighted by Crippen LogP contribution is -2.55. The van der Waals surface area contributed by atoms with E-state index in [1.807, 2.05) is 0 Å². The summed E-state index contributed by atoms with van der Waals surface area (Å²) < 4.78 is 0.911. The van der Waals surface area contributed by atoms with Crippen molar-refractivity contribution >= 4 is 23.2 Å². The molecule has 2 aliphatic rings. The van der Waals surface area contributed by atoms with E-state index in [1.54, 1.807) is 0 Å². The number of carbonyl (C=O) groups excluding carboxylic acids is 2. The standard InChI is InChI=1S/C39H60N4O2/c1-28(2)33-20-14-17-30(5)37(33)40-36(44)27-43(25-12-9-13-26-43)24-11-8-10-23-42-32(7)19-16-22-35(42)39(45)41-38-31(6)18-15-21-34(38)29(3)4/h14-15,17-18,20-21,28-29,32,35H,8-13,16,19,22-27H2,1-7H3,(H-,40,41,44,45)/p+1. The van der Waals surface area contributed by atoms with E-state index >= 15 is 0 Å². The third-order valence-corrected chi connectivity index (χ3v) is 10.5. The lowest BCUT2D eigenvalue weighted by Gasteiger charge is -2.41. The maximum absolute atomic E-state index is 13.7. The summed E-state index contributed by atoms with van der Waals surface area (Å²) in [6, 6.07) is 13.0. The summed E-state index contributed by atoms with van der Waals surface area (Å²) in [6.07, 6.45) is 10.2. The van der Waals surface area contributed by atoms with Gasteiger partial charge < -0.3 is 15.1 Å². The molecular formula is C39H61N4O2+. The second-order valence-corrected chi connectivity index (χ2v) is 14.8. The summed E-state index contributed by atoms with van der Waals surface area (Å²) in [4.78, 5) is 29.7. The van der Waals surface area contributed by atoms with Gasteiger partial charge in [0.25, 0.3) is 5.91 Å². The van der Waals surface area contributed by atoms with E-state index in [4.69, 9.17) is 0 Å². The van der Waals surface area contributed by atoms with Crippen LogP contribution in [0.4, 0.5) is 11.4 Å². The number of piperidine rings is 2. The molecule has 2 heterocycles. The van der Waals surface area contributed by atoms with Crippen LogP contribution >= 0.6 is 0 Å². The van der Waals surface area contributed by atoms with E-state index in [0.29, 0.717) is 24.4 Å². The van der Waals surface area contributed by atoms with Crippen molar-refractivity contribution in [2.24, 2.45) is 0 Å². The van der Waals surface area contributed by atoms with Gasteiger partial charge in [-0.25, -0.2) is 0 Å². The summed E-state index contributed by atoms with van der Waals surface area (Å²) in [6.45, 7) is 20.0. The van der Waals surface area contributed by atoms with Gasteiger partial charge >= 0.3 is 0 Å². The highest BCUT2D eigenvalue weighted by Gasteiger charge is 2.34. The van der Waals surface area contributed by atoms with Crippen molar-refractivity contribution in [1.29, 1.82) is 0 Å². The topological polar surface area (TPSA) is 61.4 Å². The third-order valence-electron chi connectivity index (χ3n) is 10.5. The molecule has 0 saturated carbocycles. The first-order valence-corrected chi connectivity index (χ1v) is 17.9. The quantitative estimate of drug-likeness (QED) is 0.175. The van der Waals surface area contributed by atoms with E-state index in [1.165, 1.54) is 30.4 Å². The Kier molecular flexibility index (Phi) is 12.7. The number of hydrogen-bond acceptors (Lipinski definition) is 3. The number of carbonyl (C=O) groups is 2. The number of hydrogen-bond donors (Lipinski definition) is 2. The number of amides is 2. The minimum absolute atomic E-state index is 0.0743. The molecule has 6 heteroatoms. The summed E-state index contributed by atoms with van der Waals surface area (Å²) in [5.41, 5.74) is 6.70. The van der Waals surface area contributed by atoms with E-state index in [-0.39, 0.29) is 17.9 Å². The van der Waals surface area contributed by atoms with Crippen LogP contribution < -0.4 is 10.6 Å². The van der Waals surface area contributed by atoms with Crippen LogP contribution in [-0.4, -0.2) is 66.0 Å². The highest BCUT2D eigenvalue weighted by Crippen LogP contribution is 2.31. The van der Waals surface area contributed by atoms with Gasteiger partial charge in [0.2, 0.25) is 5.91 Å². The van der Waals surface area contributed by atoms with E-state index in [9.17, 15) is 9.59 Å². The molecule has 0 radical (unpaired) electrons. The van der Waals surface area contributed by atoms with Crippen LogP contribution in [0.3, 0.4) is 0 Å².